The molecule has 4 nitrogen and oxygen atoms in total. The Bertz CT molecular complexity index is 628. The molecule has 0 aliphatic carbocycles. The zero-order valence-corrected chi connectivity index (χ0v) is 11.4. The molecule has 0 saturated heterocycles. The van der Waals surface area contributed by atoms with E-state index in [1.54, 1.807) is 24.3 Å². The highest BCUT2D eigenvalue weighted by Crippen LogP contribution is 2.22. The minimum atomic E-state index is -0.523. The molecule has 2 aromatic rings. The summed E-state index contributed by atoms with van der Waals surface area (Å²) in [7, 11) is 0. The number of aliphatic hydroxyl groups is 1. The molecule has 0 fully saturated rings. The summed E-state index contributed by atoms with van der Waals surface area (Å²) in [6, 6.07) is 12.0. The van der Waals surface area contributed by atoms with E-state index in [0.29, 0.717) is 21.9 Å². The summed E-state index contributed by atoms with van der Waals surface area (Å²) in [5, 5.41) is 9.63. The molecule has 0 radical (unpaired) electrons. The Morgan fingerprint density at radius 1 is 1.20 bits per heavy atom. The molecule has 0 heterocycles. The average molecular weight is 292 g/mol. The van der Waals surface area contributed by atoms with Crippen LogP contribution in [0.5, 0.6) is 5.75 Å². The summed E-state index contributed by atoms with van der Waals surface area (Å²) in [5.41, 5.74) is 6.98. The number of para-hydroxylation sites is 1. The van der Waals surface area contributed by atoms with Gasteiger partial charge in [0.2, 0.25) is 5.91 Å². The Kier molecular flexibility index (Phi) is 4.61. The Morgan fingerprint density at radius 2 is 1.95 bits per heavy atom. The van der Waals surface area contributed by atoms with Gasteiger partial charge in [0.05, 0.1) is 6.61 Å². The van der Waals surface area contributed by atoms with Crippen molar-refractivity contribution in [3.63, 3.8) is 0 Å². The number of rotatable bonds is 5. The minimum absolute atomic E-state index is 0.0927. The Hall–Kier alpha value is -2.04. The molecule has 20 heavy (non-hydrogen) atoms. The fraction of sp³-hybridized carbons (Fsp3) is 0.133. The highest BCUT2D eigenvalue weighted by molar-refractivity contribution is 6.31. The molecule has 104 valence electrons. The molecule has 0 atom stereocenters. The highest BCUT2D eigenvalue weighted by atomic mass is 35.5. The van der Waals surface area contributed by atoms with Gasteiger partial charge in [-0.2, -0.15) is 0 Å². The van der Waals surface area contributed by atoms with Gasteiger partial charge < -0.3 is 15.6 Å². The maximum Gasteiger partial charge on any atom is 0.248 e. The summed E-state index contributed by atoms with van der Waals surface area (Å²) in [5.74, 6) is 0.0787. The lowest BCUT2D eigenvalue weighted by Crippen LogP contribution is -2.11. The first kappa shape index (κ1) is 14.4. The SMILES string of the molecule is NC(=O)c1ccc(COc2ccccc2CO)c(Cl)c1. The van der Waals surface area contributed by atoms with Crippen LogP contribution in [-0.2, 0) is 13.2 Å². The number of hydrogen-bond acceptors (Lipinski definition) is 3. The molecule has 0 unspecified atom stereocenters. The van der Waals surface area contributed by atoms with Crippen LogP contribution in [0.2, 0.25) is 5.02 Å². The van der Waals surface area contributed by atoms with Crippen molar-refractivity contribution in [2.75, 3.05) is 0 Å². The Morgan fingerprint density at radius 3 is 2.60 bits per heavy atom. The van der Waals surface area contributed by atoms with Gasteiger partial charge in [0.1, 0.15) is 12.4 Å². The Labute approximate surface area is 121 Å². The fourth-order valence-electron chi connectivity index (χ4n) is 1.75. The topological polar surface area (TPSA) is 72.6 Å². The van der Waals surface area contributed by atoms with Gasteiger partial charge in [-0.15, -0.1) is 0 Å². The first-order chi connectivity index (χ1) is 9.61. The van der Waals surface area contributed by atoms with Crippen molar-refractivity contribution >= 4 is 17.5 Å². The number of halogens is 1. The number of benzene rings is 2. The largest absolute Gasteiger partial charge is 0.488 e. The zero-order chi connectivity index (χ0) is 14.5. The normalized spacial score (nSPS) is 10.3. The molecule has 2 rings (SSSR count). The second kappa shape index (κ2) is 6.41. The van der Waals surface area contributed by atoms with Crippen molar-refractivity contribution in [1.29, 1.82) is 0 Å². The van der Waals surface area contributed by atoms with Crippen LogP contribution in [0.3, 0.4) is 0 Å². The first-order valence-corrected chi connectivity index (χ1v) is 6.39. The third-order valence-corrected chi connectivity index (χ3v) is 3.22. The van der Waals surface area contributed by atoms with E-state index in [9.17, 15) is 9.90 Å². The summed E-state index contributed by atoms with van der Waals surface area (Å²) < 4.78 is 5.63. The van der Waals surface area contributed by atoms with Gasteiger partial charge in [0.25, 0.3) is 0 Å². The van der Waals surface area contributed by atoms with Gasteiger partial charge in [-0.3, -0.25) is 4.79 Å². The molecule has 5 heteroatoms. The predicted octanol–water partition coefficient (Wildman–Crippen LogP) is 2.51. The highest BCUT2D eigenvalue weighted by Gasteiger charge is 2.07. The third-order valence-electron chi connectivity index (χ3n) is 2.86. The number of nitrogens with two attached hydrogens (primary N) is 1. The molecule has 3 N–H and O–H groups in total. The predicted molar refractivity (Wildman–Crippen MR) is 76.7 cm³/mol. The van der Waals surface area contributed by atoms with Crippen molar-refractivity contribution in [2.24, 2.45) is 5.73 Å². The number of amides is 1. The molecule has 0 spiro atoms. The van der Waals surface area contributed by atoms with Gasteiger partial charge >= 0.3 is 0 Å². The van der Waals surface area contributed by atoms with Gasteiger partial charge in [-0.1, -0.05) is 35.9 Å². The van der Waals surface area contributed by atoms with Crippen LogP contribution in [0.1, 0.15) is 21.5 Å². The monoisotopic (exact) mass is 291 g/mol. The van der Waals surface area contributed by atoms with E-state index in [0.717, 1.165) is 5.56 Å². The van der Waals surface area contributed by atoms with Crippen molar-refractivity contribution < 1.29 is 14.6 Å². The van der Waals surface area contributed by atoms with Crippen LogP contribution in [0.15, 0.2) is 42.5 Å². The van der Waals surface area contributed by atoms with E-state index in [-0.39, 0.29) is 13.2 Å². The fourth-order valence-corrected chi connectivity index (χ4v) is 1.98. The van der Waals surface area contributed by atoms with Crippen LogP contribution in [0.4, 0.5) is 0 Å². The van der Waals surface area contributed by atoms with E-state index in [2.05, 4.69) is 0 Å². The van der Waals surface area contributed by atoms with E-state index in [4.69, 9.17) is 22.1 Å². The first-order valence-electron chi connectivity index (χ1n) is 6.01. The summed E-state index contributed by atoms with van der Waals surface area (Å²) in [6.07, 6.45) is 0. The quantitative estimate of drug-likeness (QED) is 0.889. The van der Waals surface area contributed by atoms with Crippen molar-refractivity contribution in [2.45, 2.75) is 13.2 Å². The van der Waals surface area contributed by atoms with E-state index in [1.807, 2.05) is 12.1 Å². The van der Waals surface area contributed by atoms with Crippen molar-refractivity contribution in [3.8, 4) is 5.75 Å². The number of carbonyl (C=O) groups excluding carboxylic acids is 1. The van der Waals surface area contributed by atoms with Gasteiger partial charge in [-0.25, -0.2) is 0 Å². The van der Waals surface area contributed by atoms with Crippen LogP contribution in [0.25, 0.3) is 0 Å². The number of aliphatic hydroxyl groups excluding tert-OH is 1. The second-order valence-electron chi connectivity index (χ2n) is 4.22. The third kappa shape index (κ3) is 3.29. The van der Waals surface area contributed by atoms with Gasteiger partial charge in [0.15, 0.2) is 0 Å². The molecule has 0 aliphatic rings. The molecule has 0 aromatic heterocycles. The molecule has 0 aliphatic heterocycles. The molecular weight excluding hydrogens is 278 g/mol. The summed E-state index contributed by atoms with van der Waals surface area (Å²) in [4.78, 5) is 11.0. The zero-order valence-electron chi connectivity index (χ0n) is 10.7. The molecule has 0 bridgehead atoms. The van der Waals surface area contributed by atoms with Crippen molar-refractivity contribution in [3.05, 3.63) is 64.2 Å². The standard InChI is InChI=1S/C15H14ClNO3/c16-13-7-10(15(17)19)5-6-12(13)9-20-14-4-2-1-3-11(14)8-18/h1-7,18H,8-9H2,(H2,17,19). The summed E-state index contributed by atoms with van der Waals surface area (Å²) in [6.45, 7) is 0.152. The number of carbonyl (C=O) groups is 1. The average Bonchev–Trinajstić information content (AvgIpc) is 2.46. The molecular formula is C15H14ClNO3. The van der Waals surface area contributed by atoms with Crippen LogP contribution >= 0.6 is 11.6 Å². The lowest BCUT2D eigenvalue weighted by molar-refractivity contribution is 0.1000. The van der Waals surface area contributed by atoms with E-state index in [1.165, 1.54) is 6.07 Å². The van der Waals surface area contributed by atoms with E-state index < -0.39 is 5.91 Å². The number of primary amides is 1. The van der Waals surface area contributed by atoms with Crippen LogP contribution in [-0.4, -0.2) is 11.0 Å². The van der Waals surface area contributed by atoms with Gasteiger partial charge in [-0.05, 0) is 18.2 Å². The van der Waals surface area contributed by atoms with E-state index >= 15 is 0 Å². The maximum atomic E-state index is 11.0. The smallest absolute Gasteiger partial charge is 0.248 e. The second-order valence-corrected chi connectivity index (χ2v) is 4.63. The maximum absolute atomic E-state index is 11.0. The Balaban J connectivity index is 2.13. The molecule has 0 saturated carbocycles. The minimum Gasteiger partial charge on any atom is -0.488 e. The lowest BCUT2D eigenvalue weighted by Gasteiger charge is -2.11. The molecule has 2 aromatic carbocycles. The number of ether oxygens (including phenoxy) is 1. The van der Waals surface area contributed by atoms with Crippen LogP contribution in [0, 0.1) is 0 Å². The van der Waals surface area contributed by atoms with Gasteiger partial charge in [0, 0.05) is 21.7 Å². The lowest BCUT2D eigenvalue weighted by atomic mass is 10.1. The van der Waals surface area contributed by atoms with Crippen molar-refractivity contribution in [1.82, 2.24) is 0 Å². The molecule has 1 amide bonds. The summed E-state index contributed by atoms with van der Waals surface area (Å²) >= 11 is 6.08. The van der Waals surface area contributed by atoms with Crippen LogP contribution < -0.4 is 10.5 Å². The number of hydrogen-bond donors (Lipinski definition) is 2.